The van der Waals surface area contributed by atoms with Gasteiger partial charge >= 0.3 is 0 Å². The van der Waals surface area contributed by atoms with Gasteiger partial charge in [-0.25, -0.2) is 0 Å². The van der Waals surface area contributed by atoms with E-state index in [2.05, 4.69) is 5.32 Å². The molecule has 1 aliphatic rings. The maximum absolute atomic E-state index is 12.4. The lowest BCUT2D eigenvalue weighted by atomic mass is 9.84. The first-order chi connectivity index (χ1) is 10.7. The summed E-state index contributed by atoms with van der Waals surface area (Å²) in [5, 5.41) is 3.14. The summed E-state index contributed by atoms with van der Waals surface area (Å²) in [5.74, 6) is 1.83. The minimum atomic E-state index is 0. The molecule has 23 heavy (non-hydrogen) atoms. The van der Waals surface area contributed by atoms with E-state index in [4.69, 9.17) is 15.2 Å². The molecule has 1 amide bonds. The van der Waals surface area contributed by atoms with E-state index in [9.17, 15) is 4.79 Å². The summed E-state index contributed by atoms with van der Waals surface area (Å²) in [6.07, 6.45) is 4.77. The van der Waals surface area contributed by atoms with Crippen LogP contribution in [0.1, 0.15) is 31.2 Å². The number of carbonyl (C=O) groups excluding carboxylic acids is 1. The Balaban J connectivity index is 0.00000264. The first-order valence-corrected chi connectivity index (χ1v) is 7.88. The Morgan fingerprint density at radius 2 is 2.00 bits per heavy atom. The quantitative estimate of drug-likeness (QED) is 0.832. The molecule has 0 spiro atoms. The molecule has 6 heteroatoms. The summed E-state index contributed by atoms with van der Waals surface area (Å²) in [4.78, 5) is 12.4. The van der Waals surface area contributed by atoms with Gasteiger partial charge in [0.15, 0.2) is 0 Å². The van der Waals surface area contributed by atoms with Crippen LogP contribution in [0.3, 0.4) is 0 Å². The molecule has 5 nitrogen and oxygen atoms in total. The van der Waals surface area contributed by atoms with Crippen molar-refractivity contribution in [2.45, 2.75) is 38.1 Å². The van der Waals surface area contributed by atoms with Crippen LogP contribution < -0.4 is 20.5 Å². The number of carbonyl (C=O) groups is 1. The number of hydrogen-bond acceptors (Lipinski definition) is 4. The van der Waals surface area contributed by atoms with Gasteiger partial charge in [0.2, 0.25) is 5.91 Å². The highest BCUT2D eigenvalue weighted by Crippen LogP contribution is 2.26. The fourth-order valence-electron chi connectivity index (χ4n) is 3.13. The SMILES string of the molecule is COc1ccc(OC)c(CC(=O)NC2CCCCC2CN)c1.Cl. The predicted molar refractivity (Wildman–Crippen MR) is 93.4 cm³/mol. The van der Waals surface area contributed by atoms with Gasteiger partial charge in [0.1, 0.15) is 11.5 Å². The molecule has 0 bridgehead atoms. The predicted octanol–water partition coefficient (Wildman–Crippen LogP) is 2.30. The smallest absolute Gasteiger partial charge is 0.224 e. The number of ether oxygens (including phenoxy) is 2. The molecule has 130 valence electrons. The van der Waals surface area contributed by atoms with Crippen molar-refractivity contribution in [2.24, 2.45) is 11.7 Å². The normalized spacial score (nSPS) is 20.3. The summed E-state index contributed by atoms with van der Waals surface area (Å²) in [6, 6.07) is 5.69. The van der Waals surface area contributed by atoms with Crippen LogP contribution in [0.5, 0.6) is 11.5 Å². The van der Waals surface area contributed by atoms with Crippen LogP contribution in [0, 0.1) is 5.92 Å². The fourth-order valence-corrected chi connectivity index (χ4v) is 3.13. The van der Waals surface area contributed by atoms with Crippen LogP contribution in [-0.4, -0.2) is 32.7 Å². The molecule has 2 rings (SSSR count). The van der Waals surface area contributed by atoms with Gasteiger partial charge in [0.25, 0.3) is 0 Å². The Bertz CT molecular complexity index is 511. The third-order valence-corrected chi connectivity index (χ3v) is 4.40. The molecule has 0 heterocycles. The highest BCUT2D eigenvalue weighted by Gasteiger charge is 2.25. The summed E-state index contributed by atoms with van der Waals surface area (Å²) < 4.78 is 10.5. The second-order valence-electron chi connectivity index (χ2n) is 5.81. The van der Waals surface area contributed by atoms with Crippen molar-refractivity contribution in [2.75, 3.05) is 20.8 Å². The van der Waals surface area contributed by atoms with Crippen LogP contribution >= 0.6 is 12.4 Å². The highest BCUT2D eigenvalue weighted by molar-refractivity contribution is 5.85. The lowest BCUT2D eigenvalue weighted by Crippen LogP contribution is -2.45. The van der Waals surface area contributed by atoms with Gasteiger partial charge in [0.05, 0.1) is 20.6 Å². The fraction of sp³-hybridized carbons (Fsp3) is 0.588. The van der Waals surface area contributed by atoms with E-state index in [1.54, 1.807) is 14.2 Å². The minimum absolute atomic E-state index is 0. The van der Waals surface area contributed by atoms with E-state index in [0.29, 0.717) is 18.2 Å². The van der Waals surface area contributed by atoms with E-state index < -0.39 is 0 Å². The van der Waals surface area contributed by atoms with Gasteiger partial charge in [-0.1, -0.05) is 12.8 Å². The Kier molecular flexibility index (Phi) is 8.20. The van der Waals surface area contributed by atoms with Crippen molar-refractivity contribution >= 4 is 18.3 Å². The number of amides is 1. The zero-order valence-electron chi connectivity index (χ0n) is 13.8. The Hall–Kier alpha value is -1.46. The number of nitrogens with two attached hydrogens (primary N) is 1. The van der Waals surface area contributed by atoms with Crippen LogP contribution in [0.2, 0.25) is 0 Å². The zero-order chi connectivity index (χ0) is 15.9. The van der Waals surface area contributed by atoms with Crippen LogP contribution in [-0.2, 0) is 11.2 Å². The van der Waals surface area contributed by atoms with Crippen molar-refractivity contribution in [3.05, 3.63) is 23.8 Å². The maximum atomic E-state index is 12.4. The van der Waals surface area contributed by atoms with Gasteiger partial charge in [0, 0.05) is 11.6 Å². The molecule has 1 aliphatic carbocycles. The molecule has 0 aromatic heterocycles. The number of rotatable bonds is 6. The van der Waals surface area contributed by atoms with Crippen molar-refractivity contribution in [1.82, 2.24) is 5.32 Å². The van der Waals surface area contributed by atoms with Gasteiger partial charge < -0.3 is 20.5 Å². The number of hydrogen-bond donors (Lipinski definition) is 2. The first-order valence-electron chi connectivity index (χ1n) is 7.88. The largest absolute Gasteiger partial charge is 0.497 e. The van der Waals surface area contributed by atoms with Crippen molar-refractivity contribution in [3.8, 4) is 11.5 Å². The summed E-state index contributed by atoms with van der Waals surface area (Å²) >= 11 is 0. The number of nitrogens with one attached hydrogen (secondary N) is 1. The molecule has 2 unspecified atom stereocenters. The van der Waals surface area contributed by atoms with E-state index in [0.717, 1.165) is 30.6 Å². The highest BCUT2D eigenvalue weighted by atomic mass is 35.5. The summed E-state index contributed by atoms with van der Waals surface area (Å²) in [7, 11) is 3.22. The number of methoxy groups -OCH3 is 2. The van der Waals surface area contributed by atoms with Crippen molar-refractivity contribution < 1.29 is 14.3 Å². The minimum Gasteiger partial charge on any atom is -0.497 e. The third-order valence-electron chi connectivity index (χ3n) is 4.40. The van der Waals surface area contributed by atoms with Crippen LogP contribution in [0.4, 0.5) is 0 Å². The molecule has 0 radical (unpaired) electrons. The molecule has 1 fully saturated rings. The average Bonchev–Trinajstić information content (AvgIpc) is 2.55. The number of halogens is 1. The molecule has 2 atom stereocenters. The molecule has 0 aliphatic heterocycles. The maximum Gasteiger partial charge on any atom is 0.224 e. The summed E-state index contributed by atoms with van der Waals surface area (Å²) in [5.41, 5.74) is 6.65. The molecule has 1 saturated carbocycles. The Labute approximate surface area is 144 Å². The van der Waals surface area contributed by atoms with Gasteiger partial charge in [-0.15, -0.1) is 12.4 Å². The summed E-state index contributed by atoms with van der Waals surface area (Å²) in [6.45, 7) is 0.632. The average molecular weight is 343 g/mol. The lowest BCUT2D eigenvalue weighted by Gasteiger charge is -2.31. The second kappa shape index (κ2) is 9.63. The second-order valence-corrected chi connectivity index (χ2v) is 5.81. The van der Waals surface area contributed by atoms with E-state index in [1.807, 2.05) is 18.2 Å². The van der Waals surface area contributed by atoms with E-state index >= 15 is 0 Å². The molecular formula is C17H27ClN2O3. The van der Waals surface area contributed by atoms with Gasteiger partial charge in [-0.2, -0.15) is 0 Å². The van der Waals surface area contributed by atoms with E-state index in [1.165, 1.54) is 6.42 Å². The topological polar surface area (TPSA) is 73.6 Å². The monoisotopic (exact) mass is 342 g/mol. The number of benzene rings is 1. The molecule has 1 aromatic rings. The standard InChI is InChI=1S/C17H26N2O3.ClH/c1-21-14-7-8-16(22-2)13(9-14)10-17(20)19-15-6-4-3-5-12(15)11-18;/h7-9,12,15H,3-6,10-11,18H2,1-2H3,(H,19,20);1H. The van der Waals surface area contributed by atoms with Crippen LogP contribution in [0.25, 0.3) is 0 Å². The van der Waals surface area contributed by atoms with Gasteiger partial charge in [-0.3, -0.25) is 4.79 Å². The Morgan fingerprint density at radius 1 is 1.26 bits per heavy atom. The van der Waals surface area contributed by atoms with Gasteiger partial charge in [-0.05, 0) is 43.5 Å². The molecule has 3 N–H and O–H groups in total. The zero-order valence-corrected chi connectivity index (χ0v) is 14.7. The van der Waals surface area contributed by atoms with Crippen molar-refractivity contribution in [1.29, 1.82) is 0 Å². The Morgan fingerprint density at radius 3 is 2.65 bits per heavy atom. The van der Waals surface area contributed by atoms with Crippen LogP contribution in [0.15, 0.2) is 18.2 Å². The third kappa shape index (κ3) is 5.29. The molecule has 1 aromatic carbocycles. The van der Waals surface area contributed by atoms with E-state index in [-0.39, 0.29) is 30.8 Å². The first kappa shape index (κ1) is 19.6. The molecule has 0 saturated heterocycles. The lowest BCUT2D eigenvalue weighted by molar-refractivity contribution is -0.121. The van der Waals surface area contributed by atoms with Crippen molar-refractivity contribution in [3.63, 3.8) is 0 Å². The molecular weight excluding hydrogens is 316 g/mol.